The predicted octanol–water partition coefficient (Wildman–Crippen LogP) is 8.19. The van der Waals surface area contributed by atoms with E-state index < -0.39 is 9.84 Å². The highest BCUT2D eigenvalue weighted by atomic mass is 35.5. The Kier molecular flexibility index (Phi) is 17.6. The molecule has 0 radical (unpaired) electrons. The van der Waals surface area contributed by atoms with Gasteiger partial charge in [0.05, 0.1) is 37.2 Å². The first kappa shape index (κ1) is 38.4. The zero-order valence-corrected chi connectivity index (χ0v) is 20.4. The van der Waals surface area contributed by atoms with Crippen molar-refractivity contribution < 1.29 is 18.4 Å². The molecule has 0 amide bonds. The van der Waals surface area contributed by atoms with Gasteiger partial charge < -0.3 is 9.96 Å². The van der Waals surface area contributed by atoms with Gasteiger partial charge >= 0.3 is 0 Å². The number of sulfone groups is 1. The van der Waals surface area contributed by atoms with Gasteiger partial charge in [0.1, 0.15) is 6.54 Å². The van der Waals surface area contributed by atoms with Crippen LogP contribution in [0.5, 0.6) is 0 Å². The van der Waals surface area contributed by atoms with Crippen LogP contribution in [0.15, 0.2) is 89.8 Å². The minimum Gasteiger partial charge on any atom is -0.870 e. The fraction of sp³-hybridized carbons (Fsp3) is 0.400. The van der Waals surface area contributed by atoms with E-state index in [0.29, 0.717) is 11.3 Å². The first-order valence-electron chi connectivity index (χ1n) is 10.5. The predicted molar refractivity (Wildman–Crippen MR) is 158 cm³/mol. The molecule has 0 aliphatic rings. The van der Waals surface area contributed by atoms with E-state index in [0.717, 1.165) is 22.2 Å². The number of nitrogens with zero attached hydrogens (tertiary/aromatic N) is 1. The Balaban J connectivity index is -0.00000218. The van der Waals surface area contributed by atoms with Crippen molar-refractivity contribution in [1.29, 1.82) is 0 Å². The van der Waals surface area contributed by atoms with E-state index in [1.165, 1.54) is 5.56 Å². The number of hydrogen-bond donors (Lipinski definition) is 0. The highest BCUT2D eigenvalue weighted by molar-refractivity contribution is 7.91. The maximum Gasteiger partial charge on any atom is 0.178 e. The fourth-order valence-corrected chi connectivity index (χ4v) is 5.76. The molecule has 4 nitrogen and oxygen atoms in total. The van der Waals surface area contributed by atoms with Gasteiger partial charge in [-0.25, -0.2) is 8.42 Å². The Bertz CT molecular complexity index is 1060. The van der Waals surface area contributed by atoms with Crippen LogP contribution in [0.1, 0.15) is 64.1 Å². The molecule has 0 aliphatic heterocycles. The molecule has 3 aromatic rings. The van der Waals surface area contributed by atoms with Crippen LogP contribution in [0.25, 0.3) is 0 Å². The second-order valence-electron chi connectivity index (χ2n) is 9.10. The molecular weight excluding hydrogens is 490 g/mol. The summed E-state index contributed by atoms with van der Waals surface area (Å²) in [4.78, 5) is 0.354. The normalized spacial score (nSPS) is 12.2. The summed E-state index contributed by atoms with van der Waals surface area (Å²) >= 11 is 6.75. The van der Waals surface area contributed by atoms with Crippen LogP contribution in [0.3, 0.4) is 0 Å². The molecule has 2 unspecified atom stereocenters. The van der Waals surface area contributed by atoms with Gasteiger partial charge in [-0.2, -0.15) is 0 Å². The summed E-state index contributed by atoms with van der Waals surface area (Å²) in [5, 5.41) is -0.261. The van der Waals surface area contributed by atoms with Crippen molar-refractivity contribution in [2.45, 2.75) is 58.9 Å². The van der Waals surface area contributed by atoms with Crippen LogP contribution in [0.4, 0.5) is 0 Å². The second-order valence-corrected chi connectivity index (χ2v) is 11.7. The standard InChI is InChI=1S/C26H31ClNO2S.4CH4.H2O/c1-28(2,3)19-21-14-16-22(17-15-21)24(18-26(27)23-10-6-4-7-11-23)20-31(29,30)25-12-8-5-9-13-25;;;;;/h4-17,24,26H,18-20H2,1-3H3;4*1H4;1H2/q+1;;;;;/p-1. The lowest BCUT2D eigenvalue weighted by molar-refractivity contribution is -0.884. The Labute approximate surface area is 226 Å². The second kappa shape index (κ2) is 16.5. The van der Waals surface area contributed by atoms with E-state index in [9.17, 15) is 8.42 Å². The van der Waals surface area contributed by atoms with Gasteiger partial charge in [0, 0.05) is 5.56 Å². The molecule has 0 saturated heterocycles. The van der Waals surface area contributed by atoms with Crippen molar-refractivity contribution in [3.05, 3.63) is 102 Å². The highest BCUT2D eigenvalue weighted by Gasteiger charge is 2.26. The Morgan fingerprint density at radius 3 is 1.67 bits per heavy atom. The number of hydrogen-bond acceptors (Lipinski definition) is 3. The van der Waals surface area contributed by atoms with Crippen LogP contribution in [-0.2, 0) is 16.4 Å². The Hall–Kier alpha value is -2.18. The molecule has 36 heavy (non-hydrogen) atoms. The van der Waals surface area contributed by atoms with E-state index in [2.05, 4.69) is 45.4 Å². The van der Waals surface area contributed by atoms with Crippen molar-refractivity contribution in [3.63, 3.8) is 0 Å². The molecule has 0 aromatic heterocycles. The minimum atomic E-state index is -3.44. The molecular formula is C30H48ClNO3S. The Morgan fingerprint density at radius 1 is 0.722 bits per heavy atom. The fourth-order valence-electron chi connectivity index (χ4n) is 3.78. The monoisotopic (exact) mass is 537 g/mol. The lowest BCUT2D eigenvalue weighted by Crippen LogP contribution is -2.33. The molecule has 2 atom stereocenters. The largest absolute Gasteiger partial charge is 0.870 e. The molecule has 0 bridgehead atoms. The van der Waals surface area contributed by atoms with E-state index in [-0.39, 0.29) is 52.2 Å². The average molecular weight is 538 g/mol. The molecule has 3 rings (SSSR count). The maximum atomic E-state index is 13.1. The first-order chi connectivity index (χ1) is 14.6. The molecule has 3 aromatic carbocycles. The lowest BCUT2D eigenvalue weighted by Gasteiger charge is -2.25. The van der Waals surface area contributed by atoms with Crippen LogP contribution in [-0.4, -0.2) is 45.3 Å². The number of alkyl halides is 1. The summed E-state index contributed by atoms with van der Waals surface area (Å²) in [5.74, 6) is -0.173. The van der Waals surface area contributed by atoms with Crippen LogP contribution < -0.4 is 0 Å². The van der Waals surface area contributed by atoms with Gasteiger partial charge in [-0.15, -0.1) is 11.6 Å². The average Bonchev–Trinajstić information content (AvgIpc) is 2.74. The van der Waals surface area contributed by atoms with Crippen molar-refractivity contribution in [2.24, 2.45) is 0 Å². The summed E-state index contributed by atoms with van der Waals surface area (Å²) in [6.07, 6.45) is 0.548. The number of halogens is 1. The molecule has 204 valence electrons. The van der Waals surface area contributed by atoms with Crippen LogP contribution >= 0.6 is 11.6 Å². The molecule has 0 fully saturated rings. The number of rotatable bonds is 9. The third kappa shape index (κ3) is 11.3. The van der Waals surface area contributed by atoms with Crippen molar-refractivity contribution in [3.8, 4) is 0 Å². The van der Waals surface area contributed by atoms with E-state index >= 15 is 0 Å². The topological polar surface area (TPSA) is 64.1 Å². The van der Waals surface area contributed by atoms with Crippen molar-refractivity contribution >= 4 is 21.4 Å². The van der Waals surface area contributed by atoms with Crippen LogP contribution in [0, 0.1) is 0 Å². The SMILES string of the molecule is C.C.C.C.C[N+](C)(C)Cc1ccc(C(CC(Cl)c2ccccc2)CS(=O)(=O)c2ccccc2)cc1.[OH-]. The number of benzene rings is 3. The van der Waals surface area contributed by atoms with Crippen LogP contribution in [0.2, 0.25) is 0 Å². The highest BCUT2D eigenvalue weighted by Crippen LogP contribution is 2.35. The molecule has 0 heterocycles. The third-order valence-corrected chi connectivity index (χ3v) is 7.55. The smallest absolute Gasteiger partial charge is 0.178 e. The summed E-state index contributed by atoms with van der Waals surface area (Å²) in [6.45, 7) is 0.912. The molecule has 0 aliphatic carbocycles. The molecule has 0 saturated carbocycles. The van der Waals surface area contributed by atoms with Gasteiger partial charge in [0.2, 0.25) is 0 Å². The van der Waals surface area contributed by atoms with E-state index in [1.807, 2.05) is 36.4 Å². The summed E-state index contributed by atoms with van der Waals surface area (Å²) < 4.78 is 27.1. The van der Waals surface area contributed by atoms with Gasteiger partial charge in [0.15, 0.2) is 9.84 Å². The van der Waals surface area contributed by atoms with Gasteiger partial charge in [-0.1, -0.05) is 103 Å². The first-order valence-corrected chi connectivity index (χ1v) is 12.6. The zero-order valence-electron chi connectivity index (χ0n) is 18.9. The Morgan fingerprint density at radius 2 is 1.19 bits per heavy atom. The molecule has 6 heteroatoms. The number of quaternary nitrogens is 1. The quantitative estimate of drug-likeness (QED) is 0.204. The van der Waals surface area contributed by atoms with E-state index in [1.54, 1.807) is 24.3 Å². The molecule has 1 N–H and O–H groups in total. The maximum absolute atomic E-state index is 13.1. The summed E-state index contributed by atoms with van der Waals surface area (Å²) in [5.41, 5.74) is 3.24. The summed E-state index contributed by atoms with van der Waals surface area (Å²) in [6, 6.07) is 26.8. The lowest BCUT2D eigenvalue weighted by atomic mass is 9.93. The minimum absolute atomic E-state index is 0. The van der Waals surface area contributed by atoms with E-state index in [4.69, 9.17) is 11.6 Å². The van der Waals surface area contributed by atoms with Gasteiger partial charge in [-0.3, -0.25) is 0 Å². The zero-order chi connectivity index (χ0) is 22.5. The third-order valence-electron chi connectivity index (χ3n) is 5.28. The summed E-state index contributed by atoms with van der Waals surface area (Å²) in [7, 11) is 3.03. The van der Waals surface area contributed by atoms with Gasteiger partial charge in [0.25, 0.3) is 0 Å². The van der Waals surface area contributed by atoms with Crippen molar-refractivity contribution in [1.82, 2.24) is 0 Å². The van der Waals surface area contributed by atoms with Gasteiger partial charge in [-0.05, 0) is 35.6 Å². The molecule has 0 spiro atoms. The van der Waals surface area contributed by atoms with Crippen molar-refractivity contribution in [2.75, 3.05) is 26.9 Å².